The molecule has 0 saturated carbocycles. The molecule has 26 heavy (non-hydrogen) atoms. The molecule has 0 spiro atoms. The molecule has 1 amide bonds. The lowest BCUT2D eigenvalue weighted by Crippen LogP contribution is -2.52. The van der Waals surface area contributed by atoms with E-state index in [1.54, 1.807) is 0 Å². The van der Waals surface area contributed by atoms with Crippen LogP contribution in [0.1, 0.15) is 32.3 Å². The van der Waals surface area contributed by atoms with Crippen LogP contribution in [-0.4, -0.2) is 52.8 Å². The van der Waals surface area contributed by atoms with E-state index in [1.807, 2.05) is 29.2 Å². The third kappa shape index (κ3) is 4.23. The molecular formula is C19H26ClN3O2S. The third-order valence-electron chi connectivity index (χ3n) is 5.25. The highest BCUT2D eigenvalue weighted by atomic mass is 35.5. The molecule has 0 radical (unpaired) electrons. The monoisotopic (exact) mass is 395 g/mol. The number of halogens is 1. The van der Waals surface area contributed by atoms with Crippen LogP contribution in [0.5, 0.6) is 0 Å². The molecule has 3 rings (SSSR count). The van der Waals surface area contributed by atoms with Gasteiger partial charge in [-0.3, -0.25) is 4.90 Å². The Kier molecular flexibility index (Phi) is 6.24. The van der Waals surface area contributed by atoms with Crippen LogP contribution in [0.4, 0.5) is 4.79 Å². The van der Waals surface area contributed by atoms with Crippen molar-refractivity contribution in [1.29, 1.82) is 0 Å². The van der Waals surface area contributed by atoms with Crippen molar-refractivity contribution in [3.63, 3.8) is 0 Å². The van der Waals surface area contributed by atoms with Gasteiger partial charge >= 0.3 is 6.09 Å². The van der Waals surface area contributed by atoms with Crippen molar-refractivity contribution < 1.29 is 9.53 Å². The van der Waals surface area contributed by atoms with E-state index in [9.17, 15) is 4.79 Å². The number of piperidine rings is 1. The Labute approximate surface area is 165 Å². The SMILES string of the molecule is CC(C)C1COC(=O)N1C1CCN(C(=S)NCc2ccccc2Cl)CC1. The molecule has 5 nitrogen and oxygen atoms in total. The molecule has 2 aliphatic rings. The zero-order valence-electron chi connectivity index (χ0n) is 15.3. The fourth-order valence-corrected chi connectivity index (χ4v) is 4.11. The standard InChI is InChI=1S/C19H26ClN3O2S/c1-13(2)17-12-25-19(24)23(17)15-7-9-22(10-8-15)18(26)21-11-14-5-3-4-6-16(14)20/h3-6,13,15,17H,7-12H2,1-2H3,(H,21,26). The first kappa shape index (κ1) is 19.2. The van der Waals surface area contributed by atoms with Gasteiger partial charge in [-0.05, 0) is 42.6 Å². The highest BCUT2D eigenvalue weighted by molar-refractivity contribution is 7.80. The number of rotatable bonds is 4. The van der Waals surface area contributed by atoms with E-state index < -0.39 is 0 Å². The fourth-order valence-electron chi connectivity index (χ4n) is 3.65. The first-order valence-electron chi connectivity index (χ1n) is 9.18. The van der Waals surface area contributed by atoms with E-state index in [1.165, 1.54) is 0 Å². The maximum atomic E-state index is 12.1. The third-order valence-corrected chi connectivity index (χ3v) is 6.02. The summed E-state index contributed by atoms with van der Waals surface area (Å²) in [5, 5.41) is 4.78. The van der Waals surface area contributed by atoms with Gasteiger partial charge in [0.2, 0.25) is 0 Å². The summed E-state index contributed by atoms with van der Waals surface area (Å²) in [5.41, 5.74) is 1.03. The van der Waals surface area contributed by atoms with Crippen LogP contribution < -0.4 is 5.32 Å². The topological polar surface area (TPSA) is 44.8 Å². The molecular weight excluding hydrogens is 370 g/mol. The number of benzene rings is 1. The van der Waals surface area contributed by atoms with Crippen molar-refractivity contribution in [2.45, 2.75) is 45.3 Å². The minimum Gasteiger partial charge on any atom is -0.447 e. The Bertz CT molecular complexity index is 662. The lowest BCUT2D eigenvalue weighted by molar-refractivity contribution is 0.114. The van der Waals surface area contributed by atoms with Gasteiger partial charge in [0.25, 0.3) is 0 Å². The number of ether oxygens (including phenoxy) is 1. The van der Waals surface area contributed by atoms with E-state index in [2.05, 4.69) is 24.1 Å². The Morgan fingerprint density at radius 2 is 2.04 bits per heavy atom. The van der Waals surface area contributed by atoms with Crippen molar-refractivity contribution in [1.82, 2.24) is 15.1 Å². The summed E-state index contributed by atoms with van der Waals surface area (Å²) in [7, 11) is 0. The van der Waals surface area contributed by atoms with Crippen LogP contribution in [0.25, 0.3) is 0 Å². The number of amides is 1. The molecule has 0 aliphatic carbocycles. The first-order valence-corrected chi connectivity index (χ1v) is 9.97. The van der Waals surface area contributed by atoms with Gasteiger partial charge in [-0.15, -0.1) is 0 Å². The number of likely N-dealkylation sites (tertiary alicyclic amines) is 1. The van der Waals surface area contributed by atoms with Crippen molar-refractivity contribution in [2.24, 2.45) is 5.92 Å². The smallest absolute Gasteiger partial charge is 0.410 e. The molecule has 1 N–H and O–H groups in total. The van der Waals surface area contributed by atoms with E-state index in [0.717, 1.165) is 41.6 Å². The number of nitrogens with one attached hydrogen (secondary N) is 1. The number of carbonyl (C=O) groups is 1. The second-order valence-electron chi connectivity index (χ2n) is 7.26. The lowest BCUT2D eigenvalue weighted by Gasteiger charge is -2.39. The molecule has 2 aliphatic heterocycles. The highest BCUT2D eigenvalue weighted by Gasteiger charge is 2.40. The fraction of sp³-hybridized carbons (Fsp3) is 0.579. The van der Waals surface area contributed by atoms with Gasteiger partial charge in [-0.2, -0.15) is 0 Å². The molecule has 0 aromatic heterocycles. The average Bonchev–Trinajstić information content (AvgIpc) is 3.03. The van der Waals surface area contributed by atoms with E-state index in [-0.39, 0.29) is 18.2 Å². The molecule has 1 unspecified atom stereocenters. The predicted molar refractivity (Wildman–Crippen MR) is 107 cm³/mol. The highest BCUT2D eigenvalue weighted by Crippen LogP contribution is 2.27. The molecule has 7 heteroatoms. The van der Waals surface area contributed by atoms with Crippen molar-refractivity contribution in [3.8, 4) is 0 Å². The molecule has 2 heterocycles. The summed E-state index contributed by atoms with van der Waals surface area (Å²) < 4.78 is 5.29. The number of thiocarbonyl (C=S) groups is 1. The molecule has 2 saturated heterocycles. The van der Waals surface area contributed by atoms with Crippen molar-refractivity contribution >= 4 is 35.0 Å². The summed E-state index contributed by atoms with van der Waals surface area (Å²) in [4.78, 5) is 16.3. The van der Waals surface area contributed by atoms with Gasteiger partial charge in [-0.25, -0.2) is 4.79 Å². The summed E-state index contributed by atoms with van der Waals surface area (Å²) in [6.45, 7) is 7.09. The molecule has 1 atom stereocenters. The zero-order valence-corrected chi connectivity index (χ0v) is 16.9. The van der Waals surface area contributed by atoms with Gasteiger partial charge in [0.1, 0.15) is 6.61 Å². The number of cyclic esters (lactones) is 1. The normalized spacial score (nSPS) is 21.2. The summed E-state index contributed by atoms with van der Waals surface area (Å²) >= 11 is 11.7. The van der Waals surface area contributed by atoms with E-state index in [0.29, 0.717) is 19.1 Å². The minimum absolute atomic E-state index is 0.165. The van der Waals surface area contributed by atoms with E-state index in [4.69, 9.17) is 28.6 Å². The minimum atomic E-state index is -0.165. The van der Waals surface area contributed by atoms with Crippen molar-refractivity contribution in [3.05, 3.63) is 34.9 Å². The summed E-state index contributed by atoms with van der Waals surface area (Å²) in [6, 6.07) is 8.19. The molecule has 0 bridgehead atoms. The predicted octanol–water partition coefficient (Wildman–Crippen LogP) is 3.66. The molecule has 1 aromatic carbocycles. The molecule has 1 aromatic rings. The average molecular weight is 396 g/mol. The molecule has 142 valence electrons. The maximum absolute atomic E-state index is 12.1. The second kappa shape index (κ2) is 8.44. The van der Waals surface area contributed by atoms with E-state index >= 15 is 0 Å². The summed E-state index contributed by atoms with van der Waals surface area (Å²) in [6.07, 6.45) is 1.65. The Morgan fingerprint density at radius 1 is 1.35 bits per heavy atom. The van der Waals surface area contributed by atoms with Crippen LogP contribution in [0.2, 0.25) is 5.02 Å². The number of hydrogen-bond acceptors (Lipinski definition) is 3. The van der Waals surface area contributed by atoms with Gasteiger partial charge in [0.05, 0.1) is 6.04 Å². The Morgan fingerprint density at radius 3 is 2.69 bits per heavy atom. The number of hydrogen-bond donors (Lipinski definition) is 1. The lowest BCUT2D eigenvalue weighted by atomic mass is 9.98. The van der Waals surface area contributed by atoms with Crippen LogP contribution in [0, 0.1) is 5.92 Å². The van der Waals surface area contributed by atoms with Gasteiger partial charge in [0, 0.05) is 30.7 Å². The Hall–Kier alpha value is -1.53. The van der Waals surface area contributed by atoms with Gasteiger partial charge in [-0.1, -0.05) is 43.6 Å². The first-order chi connectivity index (χ1) is 12.5. The van der Waals surface area contributed by atoms with Gasteiger partial charge in [0.15, 0.2) is 5.11 Å². The van der Waals surface area contributed by atoms with Crippen LogP contribution in [-0.2, 0) is 11.3 Å². The largest absolute Gasteiger partial charge is 0.447 e. The molecule has 2 fully saturated rings. The van der Waals surface area contributed by atoms with Crippen LogP contribution in [0.3, 0.4) is 0 Å². The Balaban J connectivity index is 1.51. The second-order valence-corrected chi connectivity index (χ2v) is 8.06. The quantitative estimate of drug-likeness (QED) is 0.788. The summed E-state index contributed by atoms with van der Waals surface area (Å²) in [5.74, 6) is 0.401. The van der Waals surface area contributed by atoms with Gasteiger partial charge < -0.3 is 15.0 Å². The zero-order chi connectivity index (χ0) is 18.7. The number of nitrogens with zero attached hydrogens (tertiary/aromatic N) is 2. The van der Waals surface area contributed by atoms with Crippen molar-refractivity contribution in [2.75, 3.05) is 19.7 Å². The number of carbonyl (C=O) groups excluding carboxylic acids is 1. The maximum Gasteiger partial charge on any atom is 0.410 e. The van der Waals surface area contributed by atoms with Crippen LogP contribution in [0.15, 0.2) is 24.3 Å². The van der Waals surface area contributed by atoms with Crippen LogP contribution >= 0.6 is 23.8 Å².